The lowest BCUT2D eigenvalue weighted by Crippen LogP contribution is -2.56. The maximum Gasteiger partial charge on any atom is 0.471 e. The molecule has 0 bridgehead atoms. The van der Waals surface area contributed by atoms with Gasteiger partial charge in [-0.2, -0.15) is 26.3 Å². The number of carbonyl (C=O) groups is 2. The van der Waals surface area contributed by atoms with E-state index < -0.39 is 46.9 Å². The molecule has 1 saturated carbocycles. The lowest BCUT2D eigenvalue weighted by molar-refractivity contribution is -0.194. The minimum Gasteiger partial charge on any atom is -0.381 e. The van der Waals surface area contributed by atoms with E-state index in [2.05, 4.69) is 0 Å². The molecule has 39 heavy (non-hydrogen) atoms. The first kappa shape index (κ1) is 29.4. The fourth-order valence-corrected chi connectivity index (χ4v) is 6.45. The predicted molar refractivity (Wildman–Crippen MR) is 127 cm³/mol. The molecule has 2 amide bonds. The Labute approximate surface area is 222 Å². The maximum absolute atomic E-state index is 14.0. The maximum atomic E-state index is 14.0. The summed E-state index contributed by atoms with van der Waals surface area (Å²) in [5, 5.41) is 0. The second-order valence-corrected chi connectivity index (χ2v) is 11.3. The number of nitrogens with zero attached hydrogens (tertiary/aromatic N) is 3. The highest BCUT2D eigenvalue weighted by Crippen LogP contribution is 2.49. The van der Waals surface area contributed by atoms with Crippen LogP contribution in [0, 0.1) is 17.3 Å². The van der Waals surface area contributed by atoms with Gasteiger partial charge in [0.25, 0.3) is 5.56 Å². The molecule has 0 radical (unpaired) electrons. The molecule has 3 heterocycles. The minimum absolute atomic E-state index is 0.00786. The zero-order valence-electron chi connectivity index (χ0n) is 22.1. The van der Waals surface area contributed by atoms with E-state index in [1.807, 2.05) is 0 Å². The first-order valence-corrected chi connectivity index (χ1v) is 13.1. The number of rotatable bonds is 4. The van der Waals surface area contributed by atoms with Crippen LogP contribution < -0.4 is 5.56 Å². The summed E-state index contributed by atoms with van der Waals surface area (Å²) in [6.45, 7) is 5.63. The molecule has 2 fully saturated rings. The monoisotopic (exact) mass is 565 g/mol. The van der Waals surface area contributed by atoms with Crippen LogP contribution in [0.2, 0.25) is 0 Å². The minimum atomic E-state index is -5.08. The highest BCUT2D eigenvalue weighted by atomic mass is 19.4. The molecule has 1 aromatic heterocycles. The van der Waals surface area contributed by atoms with Crippen molar-refractivity contribution < 1.29 is 40.7 Å². The average molecular weight is 566 g/mol. The molecule has 0 N–H and O–H groups in total. The number of amides is 2. The number of hydrogen-bond acceptors (Lipinski definition) is 4. The third-order valence-electron chi connectivity index (χ3n) is 8.65. The number of hydrogen-bond donors (Lipinski definition) is 0. The van der Waals surface area contributed by atoms with Gasteiger partial charge in [-0.15, -0.1) is 0 Å². The Morgan fingerprint density at radius 1 is 1.10 bits per heavy atom. The van der Waals surface area contributed by atoms with Crippen LogP contribution in [-0.2, 0) is 33.6 Å². The summed E-state index contributed by atoms with van der Waals surface area (Å²) in [5.41, 5.74) is -2.96. The molecular formula is C26H33F6N3O4. The Balaban J connectivity index is 1.63. The molecule has 1 aromatic rings. The molecule has 1 aliphatic carbocycles. The van der Waals surface area contributed by atoms with Crippen molar-refractivity contribution in [2.24, 2.45) is 17.3 Å². The molecule has 13 heteroatoms. The Bertz CT molecular complexity index is 1160. The van der Waals surface area contributed by atoms with Gasteiger partial charge in [0.15, 0.2) is 0 Å². The molecule has 1 saturated heterocycles. The standard InChI is InChI=1S/C26H33F6N3O4/c1-15(2)24(22(37)33-7-8-34-19(13-33)10-17(11-21(34)36)25(27,28)29)6-4-18(12-24)35(23(38)26(30,31)32)20-5-9-39-14-16(20)3/h10-11,15-16,18,20H,4-9,12-14H2,1-3H3/t16-,18-,20?,24+/m1/s1. The number of alkyl halides is 6. The van der Waals surface area contributed by atoms with Crippen LogP contribution in [0.3, 0.4) is 0 Å². The van der Waals surface area contributed by atoms with Gasteiger partial charge in [0.1, 0.15) is 0 Å². The highest BCUT2D eigenvalue weighted by Gasteiger charge is 2.55. The SMILES string of the molecule is CC(C)[C@]1(C(=O)N2CCn3c(cc(C(F)(F)F)cc3=O)C2)CC[C@@H](N(C(=O)C(F)(F)F)C2CCOC[C@H]2C)C1. The van der Waals surface area contributed by atoms with Gasteiger partial charge < -0.3 is 19.1 Å². The normalized spacial score (nSPS) is 27.9. The lowest BCUT2D eigenvalue weighted by Gasteiger charge is -2.44. The van der Waals surface area contributed by atoms with Crippen LogP contribution in [0.25, 0.3) is 0 Å². The number of aromatic nitrogens is 1. The third-order valence-corrected chi connectivity index (χ3v) is 8.65. The Hall–Kier alpha value is -2.57. The number of halogens is 6. The van der Waals surface area contributed by atoms with Crippen molar-refractivity contribution in [1.29, 1.82) is 0 Å². The van der Waals surface area contributed by atoms with Gasteiger partial charge >= 0.3 is 18.3 Å². The summed E-state index contributed by atoms with van der Waals surface area (Å²) in [4.78, 5) is 41.3. The second-order valence-electron chi connectivity index (χ2n) is 11.3. The van der Waals surface area contributed by atoms with Crippen molar-refractivity contribution >= 4 is 11.8 Å². The largest absolute Gasteiger partial charge is 0.471 e. The molecule has 218 valence electrons. The summed E-state index contributed by atoms with van der Waals surface area (Å²) in [5.74, 6) is -2.94. The molecule has 4 atom stereocenters. The van der Waals surface area contributed by atoms with Crippen LogP contribution >= 0.6 is 0 Å². The quantitative estimate of drug-likeness (QED) is 0.513. The van der Waals surface area contributed by atoms with E-state index in [1.54, 1.807) is 20.8 Å². The van der Waals surface area contributed by atoms with Gasteiger partial charge in [0.05, 0.1) is 24.1 Å². The number of fused-ring (bicyclic) bond motifs is 1. The first-order chi connectivity index (χ1) is 18.1. The van der Waals surface area contributed by atoms with Crippen LogP contribution in [-0.4, -0.2) is 64.2 Å². The van der Waals surface area contributed by atoms with Crippen molar-refractivity contribution in [1.82, 2.24) is 14.4 Å². The van der Waals surface area contributed by atoms with E-state index in [-0.39, 0.29) is 82.0 Å². The fraction of sp³-hybridized carbons (Fsp3) is 0.731. The molecule has 7 nitrogen and oxygen atoms in total. The predicted octanol–water partition coefficient (Wildman–Crippen LogP) is 4.22. The van der Waals surface area contributed by atoms with Gasteiger partial charge in [-0.1, -0.05) is 20.8 Å². The van der Waals surface area contributed by atoms with Crippen LogP contribution in [0.4, 0.5) is 26.3 Å². The Morgan fingerprint density at radius 3 is 2.38 bits per heavy atom. The van der Waals surface area contributed by atoms with Crippen molar-refractivity contribution in [3.05, 3.63) is 33.7 Å². The highest BCUT2D eigenvalue weighted by molar-refractivity contribution is 5.85. The van der Waals surface area contributed by atoms with E-state index in [9.17, 15) is 40.7 Å². The van der Waals surface area contributed by atoms with E-state index in [1.165, 1.54) is 9.47 Å². The van der Waals surface area contributed by atoms with Gasteiger partial charge in [-0.3, -0.25) is 14.4 Å². The molecule has 1 unspecified atom stereocenters. The van der Waals surface area contributed by atoms with Gasteiger partial charge in [-0.25, -0.2) is 0 Å². The Morgan fingerprint density at radius 2 is 1.79 bits per heavy atom. The summed E-state index contributed by atoms with van der Waals surface area (Å²) in [7, 11) is 0. The molecule has 4 rings (SSSR count). The van der Waals surface area contributed by atoms with E-state index >= 15 is 0 Å². The molecule has 3 aliphatic rings. The van der Waals surface area contributed by atoms with Crippen LogP contribution in [0.1, 0.15) is 57.7 Å². The summed E-state index contributed by atoms with van der Waals surface area (Å²) in [6.07, 6.45) is -9.11. The van der Waals surface area contributed by atoms with E-state index in [0.717, 1.165) is 11.0 Å². The van der Waals surface area contributed by atoms with Gasteiger partial charge in [0, 0.05) is 49.5 Å². The van der Waals surface area contributed by atoms with E-state index in [0.29, 0.717) is 6.07 Å². The summed E-state index contributed by atoms with van der Waals surface area (Å²) < 4.78 is 87.7. The van der Waals surface area contributed by atoms with E-state index in [4.69, 9.17) is 4.74 Å². The van der Waals surface area contributed by atoms with Crippen molar-refractivity contribution in [2.45, 2.75) is 84.0 Å². The summed E-state index contributed by atoms with van der Waals surface area (Å²) >= 11 is 0. The molecule has 2 aliphatic heterocycles. The zero-order valence-corrected chi connectivity index (χ0v) is 22.1. The Kier molecular flexibility index (Phi) is 7.87. The second kappa shape index (κ2) is 10.4. The third kappa shape index (κ3) is 5.55. The molecule has 0 aromatic carbocycles. The number of pyridine rings is 1. The smallest absolute Gasteiger partial charge is 0.381 e. The number of ether oxygens (including phenoxy) is 1. The summed E-state index contributed by atoms with van der Waals surface area (Å²) in [6, 6.07) is -0.129. The molecular weight excluding hydrogens is 532 g/mol. The van der Waals surface area contributed by atoms with Crippen molar-refractivity contribution in [3.63, 3.8) is 0 Å². The van der Waals surface area contributed by atoms with Crippen LogP contribution in [0.15, 0.2) is 16.9 Å². The van der Waals surface area contributed by atoms with Gasteiger partial charge in [0.2, 0.25) is 5.91 Å². The lowest BCUT2D eigenvalue weighted by atomic mass is 9.74. The van der Waals surface area contributed by atoms with Gasteiger partial charge in [-0.05, 0) is 37.7 Å². The van der Waals surface area contributed by atoms with Crippen LogP contribution in [0.5, 0.6) is 0 Å². The zero-order chi connectivity index (χ0) is 28.9. The van der Waals surface area contributed by atoms with Crippen molar-refractivity contribution in [3.8, 4) is 0 Å². The first-order valence-electron chi connectivity index (χ1n) is 13.1. The fourth-order valence-electron chi connectivity index (χ4n) is 6.45. The molecule has 0 spiro atoms. The average Bonchev–Trinajstić information content (AvgIpc) is 3.30. The van der Waals surface area contributed by atoms with Crippen molar-refractivity contribution in [2.75, 3.05) is 19.8 Å². The topological polar surface area (TPSA) is 71.9 Å². The number of carbonyl (C=O) groups excluding carboxylic acids is 2.